The largest absolute Gasteiger partial charge is 0.488 e. The Morgan fingerprint density at radius 1 is 1.12 bits per heavy atom. The van der Waals surface area contributed by atoms with Crippen LogP contribution in [0.1, 0.15) is 84.4 Å². The molecule has 312 valence electrons. The summed E-state index contributed by atoms with van der Waals surface area (Å²) in [5.41, 5.74) is -3.97. The van der Waals surface area contributed by atoms with Gasteiger partial charge in [-0.05, 0) is 84.1 Å². The molecule has 4 amide bonds. The molecule has 19 heteroatoms. The SMILES string of the molecule is Cc1cnc(-c2cc(OC3CC4C(=O)NC5(C(=O)NS(=O)(=O)C6(C)CC6)CC5C=CCCC(C)CC(C)C(NC(=O)OC(C)(C)C(F)(F)F)C(=O)N4C3)ccn2)s1. The van der Waals surface area contributed by atoms with Crippen LogP contribution < -0.4 is 20.1 Å². The lowest BCUT2D eigenvalue weighted by molar-refractivity contribution is -0.244. The third-order valence-electron chi connectivity index (χ3n) is 11.4. The highest BCUT2D eigenvalue weighted by molar-refractivity contribution is 7.91. The second kappa shape index (κ2) is 15.5. The molecule has 2 saturated carbocycles. The molecule has 0 spiro atoms. The number of aromatic nitrogens is 2. The molecule has 2 aromatic rings. The Balaban J connectivity index is 1.33. The molecule has 3 N–H and O–H groups in total. The fourth-order valence-electron chi connectivity index (χ4n) is 7.31. The summed E-state index contributed by atoms with van der Waals surface area (Å²) >= 11 is 1.43. The van der Waals surface area contributed by atoms with Crippen molar-refractivity contribution in [3.8, 4) is 16.5 Å². The summed E-state index contributed by atoms with van der Waals surface area (Å²) in [6.45, 7) is 8.29. The highest BCUT2D eigenvalue weighted by Gasteiger charge is 2.63. The second-order valence-corrected chi connectivity index (χ2v) is 20.1. The van der Waals surface area contributed by atoms with Crippen molar-refractivity contribution < 1.29 is 50.2 Å². The topological polar surface area (TPSA) is 186 Å². The molecule has 6 rings (SSSR count). The van der Waals surface area contributed by atoms with E-state index >= 15 is 0 Å². The van der Waals surface area contributed by atoms with Gasteiger partial charge >= 0.3 is 12.3 Å². The molecule has 0 bridgehead atoms. The Morgan fingerprint density at radius 2 is 1.84 bits per heavy atom. The number of nitrogens with one attached hydrogen (secondary N) is 3. The third kappa shape index (κ3) is 9.08. The van der Waals surface area contributed by atoms with Crippen molar-refractivity contribution in [3.63, 3.8) is 0 Å². The van der Waals surface area contributed by atoms with Crippen LogP contribution in [0.25, 0.3) is 10.7 Å². The monoisotopic (exact) mass is 838 g/mol. The normalized spacial score (nSPS) is 29.2. The van der Waals surface area contributed by atoms with Gasteiger partial charge in [-0.2, -0.15) is 13.2 Å². The van der Waals surface area contributed by atoms with Crippen LogP contribution in [0.15, 0.2) is 36.7 Å². The van der Waals surface area contributed by atoms with Gasteiger partial charge in [0.25, 0.3) is 5.91 Å². The molecule has 7 atom stereocenters. The first-order valence-corrected chi connectivity index (χ1v) is 21.3. The van der Waals surface area contributed by atoms with Crippen LogP contribution in [0, 0.1) is 24.7 Å². The first-order chi connectivity index (χ1) is 26.5. The first kappa shape index (κ1) is 42.3. The van der Waals surface area contributed by atoms with Crippen LogP contribution in [-0.4, -0.2) is 93.9 Å². The van der Waals surface area contributed by atoms with Crippen LogP contribution in [0.3, 0.4) is 0 Å². The molecular weight excluding hydrogens is 790 g/mol. The number of alkyl halides is 3. The average Bonchev–Trinajstić information content (AvgIpc) is 3.92. The molecule has 2 aliphatic heterocycles. The van der Waals surface area contributed by atoms with Crippen LogP contribution in [0.2, 0.25) is 0 Å². The molecule has 14 nitrogen and oxygen atoms in total. The molecular formula is C38H49F3N6O8S2. The number of ether oxygens (including phenoxy) is 2. The third-order valence-corrected chi connectivity index (χ3v) is 14.5. The molecule has 0 radical (unpaired) electrons. The van der Waals surface area contributed by atoms with Crippen molar-refractivity contribution in [3.05, 3.63) is 41.6 Å². The summed E-state index contributed by atoms with van der Waals surface area (Å²) in [6, 6.07) is 0.563. The number of thiazole rings is 1. The van der Waals surface area contributed by atoms with E-state index < -0.39 is 85.9 Å². The highest BCUT2D eigenvalue weighted by atomic mass is 32.2. The van der Waals surface area contributed by atoms with Gasteiger partial charge in [0, 0.05) is 35.7 Å². The summed E-state index contributed by atoms with van der Waals surface area (Å²) in [7, 11) is -4.07. The standard InChI is InChI=1S/C38H49F3N6O8S2/c1-21-9-7-8-10-24-18-37(24,33(50)46-57(52,53)36(6)12-13-36)45-30(48)28-17-26(54-25-11-14-42-27(16-25)31-43-19-23(3)56-31)20-47(28)32(49)29(22(2)15-21)44-34(51)55-35(4,5)38(39,40)41/h8,10-11,14,16,19,21-22,24,26,28-29H,7,9,12-13,15,17-18,20H2,1-6H3,(H,44,51)(H,45,48)(H,46,50). The van der Waals surface area contributed by atoms with Crippen LogP contribution in [0.5, 0.6) is 5.75 Å². The number of carbonyl (C=O) groups is 4. The van der Waals surface area contributed by atoms with E-state index in [9.17, 15) is 40.8 Å². The van der Waals surface area contributed by atoms with E-state index in [4.69, 9.17) is 9.47 Å². The number of hydrogen-bond donors (Lipinski definition) is 3. The number of allylic oxidation sites excluding steroid dienone is 1. The minimum Gasteiger partial charge on any atom is -0.488 e. The van der Waals surface area contributed by atoms with E-state index in [0.717, 1.165) is 4.88 Å². The Hall–Kier alpha value is -4.26. The molecule has 2 aromatic heterocycles. The fourth-order valence-corrected chi connectivity index (χ4v) is 9.35. The number of sulfonamides is 1. The van der Waals surface area contributed by atoms with E-state index in [1.165, 1.54) is 29.4 Å². The lowest BCUT2D eigenvalue weighted by atomic mass is 9.88. The van der Waals surface area contributed by atoms with E-state index in [1.54, 1.807) is 31.3 Å². The van der Waals surface area contributed by atoms with Gasteiger partial charge in [0.2, 0.25) is 27.4 Å². The number of fused-ring (bicyclic) bond motifs is 2. The van der Waals surface area contributed by atoms with E-state index in [0.29, 0.717) is 62.4 Å². The summed E-state index contributed by atoms with van der Waals surface area (Å²) in [4.78, 5) is 67.0. The maximum absolute atomic E-state index is 14.7. The molecule has 7 unspecified atom stereocenters. The lowest BCUT2D eigenvalue weighted by Gasteiger charge is -2.34. The number of aryl methyl sites for hydroxylation is 1. The molecule has 1 saturated heterocycles. The molecule has 4 aliphatic rings. The molecule has 2 aliphatic carbocycles. The Labute approximate surface area is 333 Å². The fraction of sp³-hybridized carbons (Fsp3) is 0.632. The van der Waals surface area contributed by atoms with Crippen molar-refractivity contribution in [1.29, 1.82) is 0 Å². The van der Waals surface area contributed by atoms with Gasteiger partial charge in [-0.25, -0.2) is 18.2 Å². The van der Waals surface area contributed by atoms with Crippen molar-refractivity contribution >= 4 is 45.2 Å². The maximum Gasteiger partial charge on any atom is 0.427 e. The number of carbonyl (C=O) groups excluding carboxylic acids is 4. The Morgan fingerprint density at radius 3 is 2.49 bits per heavy atom. The minimum atomic E-state index is -4.91. The van der Waals surface area contributed by atoms with E-state index in [-0.39, 0.29) is 25.3 Å². The van der Waals surface area contributed by atoms with Crippen molar-refractivity contribution in [2.75, 3.05) is 6.54 Å². The quantitative estimate of drug-likeness (QED) is 0.299. The number of pyridine rings is 1. The summed E-state index contributed by atoms with van der Waals surface area (Å²) in [5.74, 6) is -3.24. The van der Waals surface area contributed by atoms with Gasteiger partial charge in [-0.15, -0.1) is 11.3 Å². The number of hydrogen-bond acceptors (Lipinski definition) is 11. The molecule has 3 fully saturated rings. The molecule has 57 heavy (non-hydrogen) atoms. The van der Waals surface area contributed by atoms with Gasteiger partial charge in [0.1, 0.15) is 40.2 Å². The van der Waals surface area contributed by atoms with Gasteiger partial charge in [-0.1, -0.05) is 26.0 Å². The highest BCUT2D eigenvalue weighted by Crippen LogP contribution is 2.47. The van der Waals surface area contributed by atoms with E-state index in [2.05, 4.69) is 25.3 Å². The van der Waals surface area contributed by atoms with E-state index in [1.807, 2.05) is 19.9 Å². The van der Waals surface area contributed by atoms with Gasteiger partial charge in [0.15, 0.2) is 0 Å². The average molecular weight is 839 g/mol. The van der Waals surface area contributed by atoms with Gasteiger partial charge in [-0.3, -0.25) is 24.1 Å². The molecule has 4 heterocycles. The summed E-state index contributed by atoms with van der Waals surface area (Å²) in [6.07, 6.45) is 2.06. The maximum atomic E-state index is 14.7. The Kier molecular flexibility index (Phi) is 11.5. The minimum absolute atomic E-state index is 0.0288. The number of alkyl carbamates (subject to hydrolysis) is 1. The zero-order valence-corrected chi connectivity index (χ0v) is 34.3. The molecule has 0 aromatic carbocycles. The lowest BCUT2D eigenvalue weighted by Crippen LogP contribution is -2.59. The van der Waals surface area contributed by atoms with Crippen molar-refractivity contribution in [2.45, 2.75) is 127 Å². The first-order valence-electron chi connectivity index (χ1n) is 19.0. The number of amides is 4. The smallest absolute Gasteiger partial charge is 0.427 e. The van der Waals surface area contributed by atoms with Crippen LogP contribution in [0.4, 0.5) is 18.0 Å². The van der Waals surface area contributed by atoms with Gasteiger partial charge in [0.05, 0.1) is 11.3 Å². The van der Waals surface area contributed by atoms with Gasteiger partial charge < -0.3 is 25.0 Å². The zero-order chi connectivity index (χ0) is 41.7. The zero-order valence-electron chi connectivity index (χ0n) is 32.6. The van der Waals surface area contributed by atoms with Crippen LogP contribution in [-0.2, 0) is 29.1 Å². The second-order valence-electron chi connectivity index (χ2n) is 16.6. The van der Waals surface area contributed by atoms with Crippen LogP contribution >= 0.6 is 11.3 Å². The number of nitrogens with zero attached hydrogens (tertiary/aromatic N) is 3. The number of rotatable bonds is 8. The predicted molar refractivity (Wildman–Crippen MR) is 203 cm³/mol. The van der Waals surface area contributed by atoms with Crippen molar-refractivity contribution in [1.82, 2.24) is 30.2 Å². The summed E-state index contributed by atoms with van der Waals surface area (Å²) < 4.78 is 79.7. The Bertz CT molecular complexity index is 2040. The predicted octanol–water partition coefficient (Wildman–Crippen LogP) is 5.18. The number of halogens is 3. The summed E-state index contributed by atoms with van der Waals surface area (Å²) in [5, 5.41) is 5.83. The van der Waals surface area contributed by atoms with Crippen molar-refractivity contribution in [2.24, 2.45) is 17.8 Å².